The summed E-state index contributed by atoms with van der Waals surface area (Å²) in [5.41, 5.74) is 26.3. The van der Waals surface area contributed by atoms with Gasteiger partial charge in [0.15, 0.2) is 0 Å². The van der Waals surface area contributed by atoms with Crippen molar-refractivity contribution in [3.05, 3.63) is 246 Å². The number of pyridine rings is 1. The van der Waals surface area contributed by atoms with Gasteiger partial charge < -0.3 is 18.3 Å². The van der Waals surface area contributed by atoms with Crippen LogP contribution in [-0.4, -0.2) is 14.1 Å². The fourth-order valence-electron chi connectivity index (χ4n) is 15.2. The molecule has 1 aliphatic carbocycles. The third-order valence-electron chi connectivity index (χ3n) is 21.0. The Morgan fingerprint density at radius 2 is 1.04 bits per heavy atom. The van der Waals surface area contributed by atoms with Crippen molar-refractivity contribution in [2.45, 2.75) is 156 Å². The quantitative estimate of drug-likeness (QED) is 0.123. The second-order valence-corrected chi connectivity index (χ2v) is 32.8. The molecule has 0 fully saturated rings. The predicted molar refractivity (Wildman–Crippen MR) is 398 cm³/mol. The number of hydrogen-bond donors (Lipinski definition) is 0. The Kier molecular flexibility index (Phi) is 14.8. The standard InChI is InChI=1S/C90H84N4O2.Pt/c1-85(2,3)57-36-39-91-82(48-57)94-77-30-21-19-28-66(77)67-34-33-63(50-78(67)94)95-62-25-23-24-61(49-62)92-53-93-83-69(56-40-58(86(4,5)6)45-59(41-56)87(7,8)9)46-60(88(10,11)12)47-74(83)71-52-76-75(89(13,14)37-38-90(76,15)16)51-70(71)64-26-17-18-27-65(64)73-43-55(44-79(92)84(73)93)54-32-35-81-72(42-54)68-29-20-22-31-80(68)96-81;/h17-36,39-48,51-52H,37-38H2,1-16H3;/q-2;. The van der Waals surface area contributed by atoms with Crippen molar-refractivity contribution in [1.82, 2.24) is 14.1 Å². The van der Waals surface area contributed by atoms with E-state index >= 15 is 0 Å². The van der Waals surface area contributed by atoms with E-state index in [-0.39, 0.29) is 53.6 Å². The smallest absolute Gasteiger partial charge is 0.268 e. The summed E-state index contributed by atoms with van der Waals surface area (Å²) < 4.78 is 20.4. The first kappa shape index (κ1) is 63.9. The molecule has 0 radical (unpaired) electrons. The maximum Gasteiger partial charge on any atom is 0.268 e. The van der Waals surface area contributed by atoms with Gasteiger partial charge in [-0.15, -0.1) is 29.7 Å². The van der Waals surface area contributed by atoms with Crippen LogP contribution in [-0.2, 0) is 53.6 Å². The predicted octanol–water partition coefficient (Wildman–Crippen LogP) is 23.7. The van der Waals surface area contributed by atoms with Crippen LogP contribution in [0.5, 0.6) is 11.5 Å². The van der Waals surface area contributed by atoms with E-state index in [1.54, 1.807) is 0 Å². The summed E-state index contributed by atoms with van der Waals surface area (Å²) in [5.74, 6) is 1.96. The number of benzene rings is 10. The van der Waals surface area contributed by atoms with Crippen molar-refractivity contribution in [3.63, 3.8) is 0 Å². The summed E-state index contributed by atoms with van der Waals surface area (Å²) in [6.07, 6.45) is 8.34. The Morgan fingerprint density at radius 1 is 0.443 bits per heavy atom. The molecule has 0 bridgehead atoms. The molecule has 0 atom stereocenters. The van der Waals surface area contributed by atoms with Crippen molar-refractivity contribution >= 4 is 54.8 Å². The number of fused-ring (bicyclic) bond motifs is 14. The molecule has 97 heavy (non-hydrogen) atoms. The van der Waals surface area contributed by atoms with Crippen molar-refractivity contribution in [2.75, 3.05) is 0 Å². The number of furan rings is 1. The van der Waals surface area contributed by atoms with E-state index in [1.807, 2.05) is 24.4 Å². The molecular weight excluding hydrogens is 1360 g/mol. The Morgan fingerprint density at radius 3 is 1.73 bits per heavy atom. The first-order valence-electron chi connectivity index (χ1n) is 34.3. The molecule has 4 aromatic heterocycles. The van der Waals surface area contributed by atoms with E-state index in [1.165, 1.54) is 61.2 Å². The Bertz CT molecular complexity index is 5530. The Labute approximate surface area is 586 Å². The third-order valence-corrected chi connectivity index (χ3v) is 21.0. The van der Waals surface area contributed by atoms with E-state index < -0.39 is 0 Å². The second-order valence-electron chi connectivity index (χ2n) is 32.8. The molecule has 0 amide bonds. The minimum absolute atomic E-state index is 0. The van der Waals surface area contributed by atoms with Crippen LogP contribution in [0.4, 0.5) is 0 Å². The minimum Gasteiger partial charge on any atom is -0.510 e. The van der Waals surface area contributed by atoms with Gasteiger partial charge in [-0.25, -0.2) is 4.98 Å². The molecule has 10 aromatic carbocycles. The van der Waals surface area contributed by atoms with Gasteiger partial charge >= 0.3 is 0 Å². The van der Waals surface area contributed by atoms with Crippen LogP contribution in [0.15, 0.2) is 199 Å². The molecule has 5 heterocycles. The molecule has 14 aromatic rings. The topological polar surface area (TPSA) is 49.0 Å². The summed E-state index contributed by atoms with van der Waals surface area (Å²) in [5, 5.41) is 4.36. The van der Waals surface area contributed by atoms with Gasteiger partial charge in [0.2, 0.25) is 0 Å². The number of ether oxygens (including phenoxy) is 1. The summed E-state index contributed by atoms with van der Waals surface area (Å²) >= 11 is 0. The van der Waals surface area contributed by atoms with Crippen LogP contribution in [0.3, 0.4) is 0 Å². The van der Waals surface area contributed by atoms with Gasteiger partial charge in [0, 0.05) is 55.1 Å². The molecule has 7 heteroatoms. The average Bonchev–Trinajstić information content (AvgIpc) is 1.64. The molecule has 0 unspecified atom stereocenters. The van der Waals surface area contributed by atoms with Crippen LogP contribution in [0.25, 0.3) is 128 Å². The van der Waals surface area contributed by atoms with E-state index in [4.69, 9.17) is 14.1 Å². The normalized spacial score (nSPS) is 14.4. The second kappa shape index (κ2) is 22.5. The minimum atomic E-state index is -0.226. The van der Waals surface area contributed by atoms with Crippen molar-refractivity contribution < 1.29 is 34.8 Å². The third kappa shape index (κ3) is 10.8. The first-order valence-corrected chi connectivity index (χ1v) is 34.3. The van der Waals surface area contributed by atoms with Gasteiger partial charge in [-0.1, -0.05) is 225 Å². The zero-order valence-corrected chi connectivity index (χ0v) is 61.1. The number of imidazole rings is 1. The van der Waals surface area contributed by atoms with Gasteiger partial charge in [-0.05, 0) is 194 Å². The van der Waals surface area contributed by atoms with Crippen LogP contribution >= 0.6 is 0 Å². The Hall–Kier alpha value is -9.09. The molecule has 2 aliphatic rings. The SMILES string of the molecule is CC(C)(C)c1cc(-c2cc(C(C)(C)C)cc3c2-[n+]2[c-]n(-c4[c-]c(Oc5[c-]c6c(cc5)c5ccccc5n6-c5cc(C(C)(C)C)ccn5)ccc4)c4cc(-c5ccc6oc7ccccc7c6c5)cc(c42)-c2ccccc2-c2cc4c(cc2-3)C(C)(C)CCC4(C)C)cc(C(C)(C)C)c1.[Pt]. The fraction of sp³-hybridized carbons (Fsp3) is 0.267. The van der Waals surface area contributed by atoms with Gasteiger partial charge in [0.25, 0.3) is 6.33 Å². The van der Waals surface area contributed by atoms with E-state index in [9.17, 15) is 0 Å². The molecule has 0 saturated carbocycles. The van der Waals surface area contributed by atoms with Crippen LogP contribution in [0, 0.1) is 18.5 Å². The van der Waals surface area contributed by atoms with E-state index in [0.29, 0.717) is 11.5 Å². The van der Waals surface area contributed by atoms with Crippen molar-refractivity contribution in [3.8, 4) is 84.3 Å². The molecule has 0 saturated heterocycles. The van der Waals surface area contributed by atoms with Gasteiger partial charge in [0.05, 0.1) is 16.7 Å². The monoisotopic (exact) mass is 1450 g/mol. The molecular formula is C90H84N4O2Pt-2. The zero-order chi connectivity index (χ0) is 66.9. The fourth-order valence-corrected chi connectivity index (χ4v) is 15.2. The van der Waals surface area contributed by atoms with E-state index in [2.05, 4.69) is 313 Å². The van der Waals surface area contributed by atoms with Crippen LogP contribution in [0.1, 0.15) is 157 Å². The molecule has 16 rings (SSSR count). The number of hydrogen-bond acceptors (Lipinski definition) is 3. The van der Waals surface area contributed by atoms with Gasteiger partial charge in [-0.2, -0.15) is 18.2 Å². The first-order chi connectivity index (χ1) is 45.6. The maximum atomic E-state index is 7.04. The van der Waals surface area contributed by atoms with E-state index in [0.717, 1.165) is 113 Å². The largest absolute Gasteiger partial charge is 0.510 e. The van der Waals surface area contributed by atoms with Crippen molar-refractivity contribution in [2.24, 2.45) is 0 Å². The molecule has 0 spiro atoms. The summed E-state index contributed by atoms with van der Waals surface area (Å²) in [6.45, 7) is 37.8. The summed E-state index contributed by atoms with van der Waals surface area (Å²) in [6, 6.07) is 77.6. The maximum absolute atomic E-state index is 7.04. The van der Waals surface area contributed by atoms with Crippen LogP contribution < -0.4 is 9.30 Å². The number of aromatic nitrogens is 4. The Balaban J connectivity index is 0.00000770. The molecule has 1 aliphatic heterocycles. The van der Waals surface area contributed by atoms with Gasteiger partial charge in [0.1, 0.15) is 17.0 Å². The van der Waals surface area contributed by atoms with Crippen LogP contribution in [0.2, 0.25) is 0 Å². The summed E-state index contributed by atoms with van der Waals surface area (Å²) in [4.78, 5) is 4.98. The number of rotatable bonds is 6. The molecule has 6 nitrogen and oxygen atoms in total. The van der Waals surface area contributed by atoms with Crippen molar-refractivity contribution in [1.29, 1.82) is 0 Å². The average molecular weight is 1450 g/mol. The van der Waals surface area contributed by atoms with Gasteiger partial charge in [-0.3, -0.25) is 4.57 Å². The summed E-state index contributed by atoms with van der Waals surface area (Å²) in [7, 11) is 0. The molecule has 0 N–H and O–H groups in total. The number of nitrogens with zero attached hydrogens (tertiary/aromatic N) is 4. The zero-order valence-electron chi connectivity index (χ0n) is 58.8. The molecule has 488 valence electrons. The number of para-hydroxylation sites is 2.